The van der Waals surface area contributed by atoms with Gasteiger partial charge in [-0.3, -0.25) is 4.79 Å². The Hall–Kier alpha value is -1.45. The van der Waals surface area contributed by atoms with Crippen molar-refractivity contribution in [1.29, 1.82) is 0 Å². The number of hydrogen-bond donors (Lipinski definition) is 0. The molecule has 0 aliphatic carbocycles. The first-order valence-corrected chi connectivity index (χ1v) is 3.21. The third kappa shape index (κ3) is 2.00. The van der Waals surface area contributed by atoms with Crippen LogP contribution in [0.2, 0.25) is 0 Å². The summed E-state index contributed by atoms with van der Waals surface area (Å²) in [5, 5.41) is 7.41. The Morgan fingerprint density at radius 3 is 3.09 bits per heavy atom. The van der Waals surface area contributed by atoms with Crippen LogP contribution in [0.3, 0.4) is 0 Å². The van der Waals surface area contributed by atoms with Crippen LogP contribution in [0.25, 0.3) is 0 Å². The molecule has 1 atom stereocenters. The first-order valence-electron chi connectivity index (χ1n) is 3.21. The molecular formula is C7H8N2O2. The number of nitrogens with zero attached hydrogens (tertiary/aromatic N) is 2. The molecule has 0 bridgehead atoms. The summed E-state index contributed by atoms with van der Waals surface area (Å²) < 4.78 is 4.64. The second-order valence-corrected chi connectivity index (χ2v) is 2.02. The maximum atomic E-state index is 9.92. The predicted octanol–water partition coefficient (Wildman–Crippen LogP) is 0.711. The van der Waals surface area contributed by atoms with E-state index in [-0.39, 0.29) is 6.10 Å². The summed E-state index contributed by atoms with van der Waals surface area (Å²) in [7, 11) is 0. The van der Waals surface area contributed by atoms with Crippen LogP contribution in [0.4, 0.5) is 0 Å². The van der Waals surface area contributed by atoms with E-state index in [2.05, 4.69) is 14.9 Å². The quantitative estimate of drug-likeness (QED) is 0.598. The van der Waals surface area contributed by atoms with Crippen LogP contribution in [0.5, 0.6) is 0 Å². The third-order valence-electron chi connectivity index (χ3n) is 1.27. The van der Waals surface area contributed by atoms with Crippen LogP contribution in [0.15, 0.2) is 18.3 Å². The Kier molecular flexibility index (Phi) is 2.54. The molecule has 0 amide bonds. The van der Waals surface area contributed by atoms with E-state index >= 15 is 0 Å². The SMILES string of the molecule is CC(OC=O)c1cccnn1. The number of carbonyl (C=O) groups is 1. The van der Waals surface area contributed by atoms with Crippen molar-refractivity contribution in [3.8, 4) is 0 Å². The lowest BCUT2D eigenvalue weighted by molar-refractivity contribution is -0.133. The predicted molar refractivity (Wildman–Crippen MR) is 37.6 cm³/mol. The minimum Gasteiger partial charge on any atom is -0.458 e. The van der Waals surface area contributed by atoms with Gasteiger partial charge in [-0.25, -0.2) is 0 Å². The molecule has 0 fully saturated rings. The molecule has 1 rings (SSSR count). The Morgan fingerprint density at radius 2 is 2.55 bits per heavy atom. The average molecular weight is 152 g/mol. The molecule has 0 aliphatic rings. The van der Waals surface area contributed by atoms with Crippen LogP contribution >= 0.6 is 0 Å². The van der Waals surface area contributed by atoms with Gasteiger partial charge in [-0.2, -0.15) is 10.2 Å². The molecule has 0 N–H and O–H groups in total. The van der Waals surface area contributed by atoms with E-state index in [1.54, 1.807) is 25.3 Å². The van der Waals surface area contributed by atoms with Crippen molar-refractivity contribution in [1.82, 2.24) is 10.2 Å². The van der Waals surface area contributed by atoms with Crippen LogP contribution in [-0.2, 0) is 9.53 Å². The highest BCUT2D eigenvalue weighted by Gasteiger charge is 2.05. The summed E-state index contributed by atoms with van der Waals surface area (Å²) in [4.78, 5) is 9.92. The molecule has 0 radical (unpaired) electrons. The fourth-order valence-electron chi connectivity index (χ4n) is 0.683. The Labute approximate surface area is 64.2 Å². The summed E-state index contributed by atoms with van der Waals surface area (Å²) in [6.45, 7) is 2.14. The van der Waals surface area contributed by atoms with E-state index in [4.69, 9.17) is 0 Å². The van der Waals surface area contributed by atoms with Gasteiger partial charge < -0.3 is 4.74 Å². The molecule has 0 saturated carbocycles. The summed E-state index contributed by atoms with van der Waals surface area (Å²) in [6, 6.07) is 3.49. The lowest BCUT2D eigenvalue weighted by Gasteiger charge is -2.05. The van der Waals surface area contributed by atoms with Gasteiger partial charge in [0.25, 0.3) is 6.47 Å². The van der Waals surface area contributed by atoms with Crippen molar-refractivity contribution in [2.75, 3.05) is 0 Å². The molecule has 0 aliphatic heterocycles. The lowest BCUT2D eigenvalue weighted by atomic mass is 10.3. The fourth-order valence-corrected chi connectivity index (χ4v) is 0.683. The summed E-state index contributed by atoms with van der Waals surface area (Å²) in [5.74, 6) is 0. The maximum absolute atomic E-state index is 9.92. The van der Waals surface area contributed by atoms with Crippen molar-refractivity contribution in [2.24, 2.45) is 0 Å². The second kappa shape index (κ2) is 3.65. The Balaban J connectivity index is 2.68. The van der Waals surface area contributed by atoms with Gasteiger partial charge in [-0.15, -0.1) is 0 Å². The highest BCUT2D eigenvalue weighted by Crippen LogP contribution is 2.09. The van der Waals surface area contributed by atoms with Crippen LogP contribution in [0.1, 0.15) is 18.7 Å². The van der Waals surface area contributed by atoms with Crippen molar-refractivity contribution in [2.45, 2.75) is 13.0 Å². The second-order valence-electron chi connectivity index (χ2n) is 2.02. The van der Waals surface area contributed by atoms with Gasteiger partial charge in [-0.05, 0) is 19.1 Å². The molecule has 1 heterocycles. The number of rotatable bonds is 3. The zero-order chi connectivity index (χ0) is 8.10. The minimum absolute atomic E-state index is 0.318. The van der Waals surface area contributed by atoms with E-state index in [1.165, 1.54) is 0 Å². The molecule has 4 heteroatoms. The summed E-state index contributed by atoms with van der Waals surface area (Å²) >= 11 is 0. The van der Waals surface area contributed by atoms with Gasteiger partial charge in [0.05, 0.1) is 0 Å². The van der Waals surface area contributed by atoms with Crippen molar-refractivity contribution in [3.05, 3.63) is 24.0 Å². The smallest absolute Gasteiger partial charge is 0.293 e. The first-order chi connectivity index (χ1) is 5.34. The normalized spacial score (nSPS) is 12.1. The molecule has 4 nitrogen and oxygen atoms in total. The van der Waals surface area contributed by atoms with E-state index in [0.717, 1.165) is 0 Å². The van der Waals surface area contributed by atoms with Crippen molar-refractivity contribution >= 4 is 6.47 Å². The van der Waals surface area contributed by atoms with Crippen LogP contribution in [-0.4, -0.2) is 16.7 Å². The zero-order valence-corrected chi connectivity index (χ0v) is 6.10. The van der Waals surface area contributed by atoms with Crippen LogP contribution < -0.4 is 0 Å². The number of carbonyl (C=O) groups excluding carboxylic acids is 1. The van der Waals surface area contributed by atoms with E-state index < -0.39 is 0 Å². The van der Waals surface area contributed by atoms with E-state index in [0.29, 0.717) is 12.2 Å². The molecule has 0 aromatic carbocycles. The topological polar surface area (TPSA) is 52.1 Å². The van der Waals surface area contributed by atoms with Gasteiger partial charge in [0.15, 0.2) is 0 Å². The molecule has 0 spiro atoms. The van der Waals surface area contributed by atoms with Gasteiger partial charge in [-0.1, -0.05) is 0 Å². The van der Waals surface area contributed by atoms with Crippen molar-refractivity contribution in [3.63, 3.8) is 0 Å². The third-order valence-corrected chi connectivity index (χ3v) is 1.27. The Bertz CT molecular complexity index is 225. The van der Waals surface area contributed by atoms with E-state index in [1.807, 2.05) is 0 Å². The highest BCUT2D eigenvalue weighted by atomic mass is 16.5. The molecular weight excluding hydrogens is 144 g/mol. The summed E-state index contributed by atoms with van der Waals surface area (Å²) in [5.41, 5.74) is 0.652. The number of aromatic nitrogens is 2. The molecule has 58 valence electrons. The maximum Gasteiger partial charge on any atom is 0.293 e. The molecule has 1 aromatic heterocycles. The minimum atomic E-state index is -0.318. The van der Waals surface area contributed by atoms with Crippen LogP contribution in [0, 0.1) is 0 Å². The monoisotopic (exact) mass is 152 g/mol. The molecule has 11 heavy (non-hydrogen) atoms. The molecule has 1 aromatic rings. The number of hydrogen-bond acceptors (Lipinski definition) is 4. The average Bonchev–Trinajstić information content (AvgIpc) is 2.07. The highest BCUT2D eigenvalue weighted by molar-refractivity contribution is 5.37. The van der Waals surface area contributed by atoms with Gasteiger partial charge in [0.2, 0.25) is 0 Å². The van der Waals surface area contributed by atoms with E-state index in [9.17, 15) is 4.79 Å². The zero-order valence-electron chi connectivity index (χ0n) is 6.10. The van der Waals surface area contributed by atoms with Gasteiger partial charge in [0.1, 0.15) is 11.8 Å². The van der Waals surface area contributed by atoms with Gasteiger partial charge in [0, 0.05) is 6.20 Å². The fraction of sp³-hybridized carbons (Fsp3) is 0.286. The largest absolute Gasteiger partial charge is 0.458 e. The lowest BCUT2D eigenvalue weighted by Crippen LogP contribution is -2.01. The molecule has 0 saturated heterocycles. The van der Waals surface area contributed by atoms with Crippen molar-refractivity contribution < 1.29 is 9.53 Å². The Morgan fingerprint density at radius 1 is 1.73 bits per heavy atom. The first kappa shape index (κ1) is 7.65. The van der Waals surface area contributed by atoms with Gasteiger partial charge >= 0.3 is 0 Å². The standard InChI is InChI=1S/C7H8N2O2/c1-6(11-5-10)7-3-2-4-8-9-7/h2-6H,1H3. The summed E-state index contributed by atoms with van der Waals surface area (Å²) in [6.07, 6.45) is 1.25. The molecule has 1 unspecified atom stereocenters. The number of ether oxygens (including phenoxy) is 1.